The second kappa shape index (κ2) is 8.99. The molecule has 0 aromatic carbocycles. The number of hydrogen-bond donors (Lipinski definition) is 2. The molecule has 0 atom stereocenters. The van der Waals surface area contributed by atoms with Gasteiger partial charge in [-0.3, -0.25) is 9.78 Å². The summed E-state index contributed by atoms with van der Waals surface area (Å²) >= 11 is 3.42. The minimum absolute atomic E-state index is 0.552. The van der Waals surface area contributed by atoms with Crippen LogP contribution in [-0.2, 0) is 17.6 Å². The van der Waals surface area contributed by atoms with Gasteiger partial charge < -0.3 is 15.0 Å². The summed E-state index contributed by atoms with van der Waals surface area (Å²) in [6, 6.07) is 0. The van der Waals surface area contributed by atoms with Gasteiger partial charge in [-0.25, -0.2) is 0 Å². The van der Waals surface area contributed by atoms with Gasteiger partial charge >= 0.3 is 0 Å². The van der Waals surface area contributed by atoms with Crippen molar-refractivity contribution >= 4 is 29.1 Å². The highest BCUT2D eigenvalue weighted by Gasteiger charge is 2.21. The third-order valence-electron chi connectivity index (χ3n) is 3.40. The number of rotatable bonds is 4. The van der Waals surface area contributed by atoms with Crippen molar-refractivity contribution in [2.24, 2.45) is 7.05 Å². The maximum atomic E-state index is 9.00. The molecule has 9 heteroatoms. The van der Waals surface area contributed by atoms with E-state index in [1.807, 2.05) is 11.7 Å². The largest absolute Gasteiger partial charge is 0.481 e. The van der Waals surface area contributed by atoms with E-state index in [2.05, 4.69) is 32.1 Å². The zero-order valence-electron chi connectivity index (χ0n) is 13.2. The van der Waals surface area contributed by atoms with Crippen LogP contribution in [0.2, 0.25) is 0 Å². The van der Waals surface area contributed by atoms with Crippen molar-refractivity contribution in [3.63, 3.8) is 0 Å². The van der Waals surface area contributed by atoms with E-state index in [1.54, 1.807) is 23.1 Å². The van der Waals surface area contributed by atoms with E-state index >= 15 is 0 Å². The van der Waals surface area contributed by atoms with Gasteiger partial charge in [-0.1, -0.05) is 11.8 Å². The summed E-state index contributed by atoms with van der Waals surface area (Å²) in [6.07, 6.45) is 4.23. The number of nitrogens with zero attached hydrogens (tertiary/aromatic N) is 4. The topological polar surface area (TPSA) is 92.9 Å². The molecule has 7 nitrogen and oxygen atoms in total. The van der Waals surface area contributed by atoms with E-state index in [4.69, 9.17) is 9.90 Å². The van der Waals surface area contributed by atoms with E-state index in [9.17, 15) is 0 Å². The molecule has 1 fully saturated rings. The number of aliphatic carboxylic acids is 1. The normalized spacial score (nSPS) is 15.0. The van der Waals surface area contributed by atoms with Gasteiger partial charge in [0.2, 0.25) is 0 Å². The highest BCUT2D eigenvalue weighted by atomic mass is 32.2. The second-order valence-corrected chi connectivity index (χ2v) is 7.11. The molecule has 0 aliphatic carbocycles. The van der Waals surface area contributed by atoms with E-state index in [1.165, 1.54) is 4.88 Å². The molecular weight excluding hydrogens is 334 g/mol. The SMILES string of the molecule is CC(=O)O.Cn1c(SCc2cncs2)nnc1C1CCNCC1. The van der Waals surface area contributed by atoms with Crippen LogP contribution >= 0.6 is 23.1 Å². The molecule has 1 aliphatic heterocycles. The smallest absolute Gasteiger partial charge is 0.300 e. The fourth-order valence-corrected chi connectivity index (χ4v) is 3.90. The van der Waals surface area contributed by atoms with Crippen molar-refractivity contribution in [3.8, 4) is 0 Å². The molecule has 0 spiro atoms. The lowest BCUT2D eigenvalue weighted by atomic mass is 9.97. The van der Waals surface area contributed by atoms with Gasteiger partial charge in [-0.2, -0.15) is 0 Å². The Labute approximate surface area is 143 Å². The molecule has 3 heterocycles. The number of nitrogens with one attached hydrogen (secondary N) is 1. The molecule has 126 valence electrons. The van der Waals surface area contributed by atoms with E-state index in [0.29, 0.717) is 5.92 Å². The van der Waals surface area contributed by atoms with Crippen LogP contribution in [0, 0.1) is 0 Å². The zero-order chi connectivity index (χ0) is 16.7. The van der Waals surface area contributed by atoms with Crippen molar-refractivity contribution in [2.45, 2.75) is 36.6 Å². The molecule has 0 radical (unpaired) electrons. The number of carbonyl (C=O) groups is 1. The van der Waals surface area contributed by atoms with Crippen molar-refractivity contribution in [1.82, 2.24) is 25.1 Å². The number of thioether (sulfide) groups is 1. The first-order chi connectivity index (χ1) is 11.1. The molecule has 0 saturated carbocycles. The molecule has 3 rings (SSSR count). The van der Waals surface area contributed by atoms with Crippen LogP contribution in [0.5, 0.6) is 0 Å². The number of hydrogen-bond acceptors (Lipinski definition) is 7. The molecule has 1 saturated heterocycles. The highest BCUT2D eigenvalue weighted by Crippen LogP contribution is 2.28. The summed E-state index contributed by atoms with van der Waals surface area (Å²) in [5.41, 5.74) is 1.87. The predicted octanol–water partition coefficient (Wildman–Crippen LogP) is 2.12. The van der Waals surface area contributed by atoms with Crippen LogP contribution in [0.15, 0.2) is 16.9 Å². The Morgan fingerprint density at radius 2 is 2.17 bits per heavy atom. The van der Waals surface area contributed by atoms with Crippen LogP contribution in [0.4, 0.5) is 0 Å². The van der Waals surface area contributed by atoms with Gasteiger partial charge in [0.25, 0.3) is 5.97 Å². The Bertz CT molecular complexity index is 605. The van der Waals surface area contributed by atoms with Crippen molar-refractivity contribution < 1.29 is 9.90 Å². The maximum absolute atomic E-state index is 9.00. The molecule has 2 aromatic heterocycles. The monoisotopic (exact) mass is 355 g/mol. The average Bonchev–Trinajstić information content (AvgIpc) is 3.15. The Morgan fingerprint density at radius 3 is 2.78 bits per heavy atom. The summed E-state index contributed by atoms with van der Waals surface area (Å²) in [5, 5.41) is 20.5. The zero-order valence-corrected chi connectivity index (χ0v) is 14.9. The van der Waals surface area contributed by atoms with Crippen LogP contribution in [0.3, 0.4) is 0 Å². The average molecular weight is 355 g/mol. The summed E-state index contributed by atoms with van der Waals surface area (Å²) < 4.78 is 2.15. The third-order valence-corrected chi connectivity index (χ3v) is 5.43. The van der Waals surface area contributed by atoms with Crippen LogP contribution < -0.4 is 5.32 Å². The second-order valence-electron chi connectivity index (χ2n) is 5.20. The molecular formula is C14H21N5O2S2. The molecule has 23 heavy (non-hydrogen) atoms. The highest BCUT2D eigenvalue weighted by molar-refractivity contribution is 7.98. The number of aromatic nitrogens is 4. The molecule has 2 aromatic rings. The van der Waals surface area contributed by atoms with Gasteiger partial charge in [-0.05, 0) is 25.9 Å². The first kappa shape index (κ1) is 17.9. The van der Waals surface area contributed by atoms with E-state index < -0.39 is 5.97 Å². The lowest BCUT2D eigenvalue weighted by Crippen LogP contribution is -2.27. The van der Waals surface area contributed by atoms with Crippen molar-refractivity contribution in [1.29, 1.82) is 0 Å². The number of carboxylic acids is 1. The van der Waals surface area contributed by atoms with E-state index in [-0.39, 0.29) is 0 Å². The molecule has 0 bridgehead atoms. The van der Waals surface area contributed by atoms with Gasteiger partial charge in [0, 0.05) is 36.7 Å². The Balaban J connectivity index is 0.000000433. The van der Waals surface area contributed by atoms with Gasteiger partial charge in [0.15, 0.2) is 5.16 Å². The van der Waals surface area contributed by atoms with Crippen LogP contribution in [-0.4, -0.2) is 43.9 Å². The summed E-state index contributed by atoms with van der Waals surface area (Å²) in [4.78, 5) is 14.4. The van der Waals surface area contributed by atoms with Gasteiger partial charge in [0.1, 0.15) is 5.82 Å². The lowest BCUT2D eigenvalue weighted by molar-refractivity contribution is -0.134. The summed E-state index contributed by atoms with van der Waals surface area (Å²) in [6.45, 7) is 3.25. The quantitative estimate of drug-likeness (QED) is 0.812. The predicted molar refractivity (Wildman–Crippen MR) is 90.8 cm³/mol. The molecule has 1 aliphatic rings. The fraction of sp³-hybridized carbons (Fsp3) is 0.571. The molecule has 0 amide bonds. The molecule has 2 N–H and O–H groups in total. The van der Waals surface area contributed by atoms with Crippen molar-refractivity contribution in [3.05, 3.63) is 22.4 Å². The first-order valence-corrected chi connectivity index (χ1v) is 9.24. The maximum Gasteiger partial charge on any atom is 0.300 e. The Hall–Kier alpha value is -1.45. The van der Waals surface area contributed by atoms with Crippen LogP contribution in [0.25, 0.3) is 0 Å². The number of carboxylic acid groups (broad SMARTS) is 1. The van der Waals surface area contributed by atoms with Gasteiger partial charge in [0.05, 0.1) is 5.51 Å². The third kappa shape index (κ3) is 5.60. The number of thiazole rings is 1. The Morgan fingerprint density at radius 1 is 1.48 bits per heavy atom. The molecule has 0 unspecified atom stereocenters. The van der Waals surface area contributed by atoms with E-state index in [0.717, 1.165) is 49.6 Å². The van der Waals surface area contributed by atoms with Crippen molar-refractivity contribution in [2.75, 3.05) is 13.1 Å². The number of piperidine rings is 1. The first-order valence-electron chi connectivity index (χ1n) is 7.37. The standard InChI is InChI=1S/C12H17N5S2.C2H4O2/c1-17-11(9-2-4-13-5-3-9)15-16-12(17)18-7-10-6-14-8-19-10;1-2(3)4/h6,8-9,13H,2-5,7H2,1H3;1H3,(H,3,4). The Kier molecular flexibility index (Phi) is 7.00. The summed E-state index contributed by atoms with van der Waals surface area (Å²) in [5.74, 6) is 1.77. The van der Waals surface area contributed by atoms with Crippen LogP contribution in [0.1, 0.15) is 36.4 Å². The fourth-order valence-electron chi connectivity index (χ4n) is 2.34. The summed E-state index contributed by atoms with van der Waals surface area (Å²) in [7, 11) is 2.08. The van der Waals surface area contributed by atoms with Gasteiger partial charge in [-0.15, -0.1) is 21.5 Å². The minimum Gasteiger partial charge on any atom is -0.481 e. The lowest BCUT2D eigenvalue weighted by Gasteiger charge is -2.21. The minimum atomic E-state index is -0.833.